The van der Waals surface area contributed by atoms with Gasteiger partial charge in [-0.1, -0.05) is 6.92 Å². The van der Waals surface area contributed by atoms with E-state index >= 15 is 0 Å². The quantitative estimate of drug-likeness (QED) is 0.724. The first kappa shape index (κ1) is 13.2. The molecule has 1 aromatic carbocycles. The maximum atomic E-state index is 11.3. The van der Waals surface area contributed by atoms with Gasteiger partial charge in [0, 0.05) is 11.2 Å². The van der Waals surface area contributed by atoms with Crippen LogP contribution >= 0.6 is 0 Å². The van der Waals surface area contributed by atoms with Crippen LogP contribution in [0, 0.1) is 0 Å². The third-order valence-corrected chi connectivity index (χ3v) is 4.70. The number of primary sulfonamides is 1. The molecular weight excluding hydrogens is 250 g/mol. The van der Waals surface area contributed by atoms with Crippen molar-refractivity contribution < 1.29 is 8.42 Å². The van der Waals surface area contributed by atoms with E-state index < -0.39 is 10.0 Å². The van der Waals surface area contributed by atoms with E-state index in [1.54, 1.807) is 12.1 Å². The Morgan fingerprint density at radius 1 is 1.39 bits per heavy atom. The summed E-state index contributed by atoms with van der Waals surface area (Å²) in [6, 6.07) is 4.80. The number of anilines is 2. The van der Waals surface area contributed by atoms with Crippen molar-refractivity contribution in [2.75, 3.05) is 11.1 Å². The van der Waals surface area contributed by atoms with Crippen molar-refractivity contribution in [3.8, 4) is 0 Å². The van der Waals surface area contributed by atoms with Crippen LogP contribution < -0.4 is 16.2 Å². The lowest BCUT2D eigenvalue weighted by atomic mass is 9.74. The molecule has 18 heavy (non-hydrogen) atoms. The van der Waals surface area contributed by atoms with Crippen molar-refractivity contribution >= 4 is 21.4 Å². The van der Waals surface area contributed by atoms with Crippen LogP contribution in [0.3, 0.4) is 0 Å². The first-order chi connectivity index (χ1) is 8.36. The predicted molar refractivity (Wildman–Crippen MR) is 72.7 cm³/mol. The van der Waals surface area contributed by atoms with E-state index in [4.69, 9.17) is 10.9 Å². The molecule has 1 aliphatic rings. The van der Waals surface area contributed by atoms with Gasteiger partial charge in [-0.15, -0.1) is 0 Å². The highest BCUT2D eigenvalue weighted by molar-refractivity contribution is 7.89. The zero-order valence-electron chi connectivity index (χ0n) is 10.4. The van der Waals surface area contributed by atoms with E-state index in [9.17, 15) is 8.42 Å². The minimum atomic E-state index is -3.74. The van der Waals surface area contributed by atoms with E-state index in [0.29, 0.717) is 0 Å². The molecule has 1 fully saturated rings. The summed E-state index contributed by atoms with van der Waals surface area (Å²) in [5, 5.41) is 8.52. The summed E-state index contributed by atoms with van der Waals surface area (Å²) < 4.78 is 22.5. The van der Waals surface area contributed by atoms with Gasteiger partial charge >= 0.3 is 0 Å². The van der Waals surface area contributed by atoms with Gasteiger partial charge in [0.2, 0.25) is 10.0 Å². The van der Waals surface area contributed by atoms with Crippen molar-refractivity contribution in [1.82, 2.24) is 0 Å². The number of nitrogens with two attached hydrogens (primary N) is 2. The Morgan fingerprint density at radius 3 is 2.44 bits per heavy atom. The van der Waals surface area contributed by atoms with Crippen molar-refractivity contribution in [3.63, 3.8) is 0 Å². The average Bonchev–Trinajstić information content (AvgIpc) is 2.21. The van der Waals surface area contributed by atoms with Crippen LogP contribution in [0.25, 0.3) is 0 Å². The molecule has 1 aliphatic carbocycles. The molecule has 5 nitrogen and oxygen atoms in total. The third kappa shape index (κ3) is 2.44. The summed E-state index contributed by atoms with van der Waals surface area (Å²) in [6.07, 6.45) is 4.55. The van der Waals surface area contributed by atoms with Gasteiger partial charge in [-0.2, -0.15) is 0 Å². The zero-order valence-corrected chi connectivity index (χ0v) is 11.3. The summed E-state index contributed by atoms with van der Waals surface area (Å²) in [7, 11) is -3.74. The highest BCUT2D eigenvalue weighted by atomic mass is 32.2. The molecule has 2 rings (SSSR count). The minimum Gasteiger partial charge on any atom is -0.398 e. The van der Waals surface area contributed by atoms with E-state index in [2.05, 4.69) is 12.2 Å². The monoisotopic (exact) mass is 269 g/mol. The van der Waals surface area contributed by atoms with Crippen molar-refractivity contribution in [2.24, 2.45) is 5.14 Å². The maximum Gasteiger partial charge on any atom is 0.240 e. The number of sulfonamides is 1. The van der Waals surface area contributed by atoms with Gasteiger partial charge in [-0.3, -0.25) is 0 Å². The largest absolute Gasteiger partial charge is 0.398 e. The first-order valence-electron chi connectivity index (χ1n) is 6.07. The van der Waals surface area contributed by atoms with Crippen LogP contribution in [0.4, 0.5) is 11.4 Å². The Balaban J connectivity index is 2.24. The molecule has 0 aromatic heterocycles. The fraction of sp³-hybridized carbons (Fsp3) is 0.500. The van der Waals surface area contributed by atoms with Crippen molar-refractivity contribution in [2.45, 2.75) is 43.0 Å². The minimum absolute atomic E-state index is 0.0211. The molecule has 0 bridgehead atoms. The van der Waals surface area contributed by atoms with E-state index in [1.165, 1.54) is 12.5 Å². The van der Waals surface area contributed by atoms with Gasteiger partial charge in [-0.25, -0.2) is 13.6 Å². The fourth-order valence-electron chi connectivity index (χ4n) is 2.36. The molecular formula is C12H19N3O2S. The number of hydrogen-bond acceptors (Lipinski definition) is 4. The van der Waals surface area contributed by atoms with Gasteiger partial charge in [0.15, 0.2) is 0 Å². The second-order valence-electron chi connectivity index (χ2n) is 4.91. The number of nitrogen functional groups attached to an aromatic ring is 1. The van der Waals surface area contributed by atoms with Gasteiger partial charge in [-0.05, 0) is 43.9 Å². The van der Waals surface area contributed by atoms with Crippen LogP contribution in [0.15, 0.2) is 23.1 Å². The van der Waals surface area contributed by atoms with Gasteiger partial charge < -0.3 is 11.1 Å². The number of benzene rings is 1. The molecule has 6 heteroatoms. The topological polar surface area (TPSA) is 98.2 Å². The molecule has 0 spiro atoms. The second kappa shape index (κ2) is 4.44. The maximum absolute atomic E-state index is 11.3. The first-order valence-corrected chi connectivity index (χ1v) is 7.61. The lowest BCUT2D eigenvalue weighted by Crippen LogP contribution is -2.44. The molecule has 5 N–H and O–H groups in total. The second-order valence-corrected chi connectivity index (χ2v) is 6.44. The molecule has 100 valence electrons. The summed E-state index contributed by atoms with van der Waals surface area (Å²) in [6.45, 7) is 2.15. The SMILES string of the molecule is CCC1(Nc2ccc(S(N)(=O)=O)c(N)c2)CCC1. The lowest BCUT2D eigenvalue weighted by Gasteiger charge is -2.43. The smallest absolute Gasteiger partial charge is 0.240 e. The summed E-state index contributed by atoms with van der Waals surface area (Å²) in [5.41, 5.74) is 6.91. The van der Waals surface area contributed by atoms with E-state index in [0.717, 1.165) is 24.9 Å². The highest BCUT2D eigenvalue weighted by Crippen LogP contribution is 2.38. The molecule has 0 saturated heterocycles. The summed E-state index contributed by atoms with van der Waals surface area (Å²) >= 11 is 0. The molecule has 0 radical (unpaired) electrons. The predicted octanol–water partition coefficient (Wildman–Crippen LogP) is 1.66. The van der Waals surface area contributed by atoms with E-state index in [1.807, 2.05) is 0 Å². The molecule has 0 heterocycles. The number of rotatable bonds is 4. The summed E-state index contributed by atoms with van der Waals surface area (Å²) in [4.78, 5) is -0.0211. The van der Waals surface area contributed by atoms with Gasteiger partial charge in [0.1, 0.15) is 4.90 Å². The molecule has 0 amide bonds. The Labute approximate surface area is 108 Å². The Hall–Kier alpha value is -1.27. The van der Waals surface area contributed by atoms with Crippen LogP contribution in [0.2, 0.25) is 0 Å². The Kier molecular flexibility index (Phi) is 3.25. The van der Waals surface area contributed by atoms with Crippen molar-refractivity contribution in [3.05, 3.63) is 18.2 Å². The fourth-order valence-corrected chi connectivity index (χ4v) is 3.01. The third-order valence-electron chi connectivity index (χ3n) is 3.71. The number of nitrogens with one attached hydrogen (secondary N) is 1. The molecule has 1 saturated carbocycles. The standard InChI is InChI=1S/C12H19N3O2S/c1-2-12(6-3-7-12)15-9-4-5-11(10(13)8-9)18(14,16)17/h4-5,8,15H,2-3,6-7,13H2,1H3,(H2,14,16,17). The highest BCUT2D eigenvalue weighted by Gasteiger charge is 2.34. The molecule has 0 atom stereocenters. The average molecular weight is 269 g/mol. The Bertz CT molecular complexity index is 545. The zero-order chi connectivity index (χ0) is 13.4. The van der Waals surface area contributed by atoms with Crippen LogP contribution in [-0.2, 0) is 10.0 Å². The normalized spacial score (nSPS) is 18.1. The van der Waals surface area contributed by atoms with Gasteiger partial charge in [0.05, 0.1) is 5.69 Å². The Morgan fingerprint density at radius 2 is 2.06 bits per heavy atom. The summed E-state index contributed by atoms with van der Waals surface area (Å²) in [5.74, 6) is 0. The van der Waals surface area contributed by atoms with Gasteiger partial charge in [0.25, 0.3) is 0 Å². The number of hydrogen-bond donors (Lipinski definition) is 3. The van der Waals surface area contributed by atoms with Crippen LogP contribution in [0.5, 0.6) is 0 Å². The molecule has 0 aliphatic heterocycles. The van der Waals surface area contributed by atoms with Crippen LogP contribution in [-0.4, -0.2) is 14.0 Å². The van der Waals surface area contributed by atoms with Crippen LogP contribution in [0.1, 0.15) is 32.6 Å². The molecule has 0 unspecified atom stereocenters. The van der Waals surface area contributed by atoms with Crippen molar-refractivity contribution in [1.29, 1.82) is 0 Å². The lowest BCUT2D eigenvalue weighted by molar-refractivity contribution is 0.269. The van der Waals surface area contributed by atoms with E-state index in [-0.39, 0.29) is 16.1 Å². The molecule has 1 aromatic rings.